The lowest BCUT2D eigenvalue weighted by Crippen LogP contribution is -2.05. The van der Waals surface area contributed by atoms with Crippen molar-refractivity contribution in [1.29, 1.82) is 0 Å². The Morgan fingerprint density at radius 1 is 0.905 bits per heavy atom. The predicted molar refractivity (Wildman–Crippen MR) is 67.9 cm³/mol. The van der Waals surface area contributed by atoms with Gasteiger partial charge in [-0.25, -0.2) is 8.78 Å². The zero-order chi connectivity index (χ0) is 15.6. The monoisotopic (exact) mass is 322 g/mol. The van der Waals surface area contributed by atoms with Crippen LogP contribution in [0.3, 0.4) is 0 Å². The summed E-state index contributed by atoms with van der Waals surface area (Å²) in [4.78, 5) is 0. The van der Waals surface area contributed by atoms with Crippen LogP contribution in [0, 0.1) is 0 Å². The highest BCUT2D eigenvalue weighted by Gasteiger charge is 2.33. The Morgan fingerprint density at radius 3 is 2.00 bits per heavy atom. The van der Waals surface area contributed by atoms with Crippen LogP contribution in [0.25, 0.3) is 0 Å². The third-order valence-corrected chi connectivity index (χ3v) is 2.94. The molecule has 0 N–H and O–H groups in total. The third kappa shape index (κ3) is 3.85. The van der Waals surface area contributed by atoms with Crippen molar-refractivity contribution in [3.05, 3.63) is 58.6 Å². The van der Waals surface area contributed by atoms with Crippen LogP contribution in [0.15, 0.2) is 42.5 Å². The first-order chi connectivity index (χ1) is 9.77. The first-order valence-corrected chi connectivity index (χ1v) is 6.08. The summed E-state index contributed by atoms with van der Waals surface area (Å²) in [5.74, 6) is 0.0615. The van der Waals surface area contributed by atoms with Crippen molar-refractivity contribution < 1.29 is 26.7 Å². The Labute approximate surface area is 121 Å². The Balaban J connectivity index is 2.24. The third-order valence-electron chi connectivity index (χ3n) is 2.61. The molecular weight excluding hydrogens is 315 g/mol. The van der Waals surface area contributed by atoms with Gasteiger partial charge in [0.05, 0.1) is 10.6 Å². The average molecular weight is 323 g/mol. The number of benzene rings is 2. The van der Waals surface area contributed by atoms with Crippen molar-refractivity contribution in [2.24, 2.45) is 0 Å². The highest BCUT2D eigenvalue weighted by molar-refractivity contribution is 6.31. The lowest BCUT2D eigenvalue weighted by Gasteiger charge is -2.12. The van der Waals surface area contributed by atoms with Crippen molar-refractivity contribution in [3.8, 4) is 11.5 Å². The molecule has 0 saturated carbocycles. The van der Waals surface area contributed by atoms with E-state index in [4.69, 9.17) is 16.3 Å². The van der Waals surface area contributed by atoms with E-state index >= 15 is 0 Å². The molecule has 0 saturated heterocycles. The molecule has 0 bridgehead atoms. The van der Waals surface area contributed by atoms with Crippen molar-refractivity contribution in [1.82, 2.24) is 0 Å². The topological polar surface area (TPSA) is 9.23 Å². The van der Waals surface area contributed by atoms with E-state index in [9.17, 15) is 22.0 Å². The van der Waals surface area contributed by atoms with Gasteiger partial charge in [-0.3, -0.25) is 0 Å². The van der Waals surface area contributed by atoms with Crippen LogP contribution >= 0.6 is 11.6 Å². The van der Waals surface area contributed by atoms with Crippen LogP contribution in [-0.4, -0.2) is 0 Å². The van der Waals surface area contributed by atoms with E-state index in [0.717, 1.165) is 24.3 Å². The van der Waals surface area contributed by atoms with Gasteiger partial charge in [0.2, 0.25) is 0 Å². The van der Waals surface area contributed by atoms with Crippen molar-refractivity contribution in [2.45, 2.75) is 12.6 Å². The molecule has 0 amide bonds. The largest absolute Gasteiger partial charge is 0.457 e. The predicted octanol–water partition coefficient (Wildman–Crippen LogP) is 6.09. The number of hydrogen-bond donors (Lipinski definition) is 0. The lowest BCUT2D eigenvalue weighted by atomic mass is 10.2. The normalized spacial score (nSPS) is 11.8. The first-order valence-electron chi connectivity index (χ1n) is 5.70. The number of ether oxygens (including phenoxy) is 1. The molecule has 0 aromatic heterocycles. The fourth-order valence-electron chi connectivity index (χ4n) is 1.60. The van der Waals surface area contributed by atoms with Crippen molar-refractivity contribution >= 4 is 11.6 Å². The van der Waals surface area contributed by atoms with Gasteiger partial charge < -0.3 is 4.74 Å². The molecule has 0 fully saturated rings. The minimum absolute atomic E-state index is 0.0866. The summed E-state index contributed by atoms with van der Waals surface area (Å²) in [6.07, 6.45) is -7.22. The summed E-state index contributed by atoms with van der Waals surface area (Å²) in [7, 11) is 0. The van der Waals surface area contributed by atoms with Crippen molar-refractivity contribution in [3.63, 3.8) is 0 Å². The molecule has 0 aliphatic rings. The summed E-state index contributed by atoms with van der Waals surface area (Å²) >= 11 is 5.48. The van der Waals surface area contributed by atoms with Gasteiger partial charge in [0.15, 0.2) is 0 Å². The van der Waals surface area contributed by atoms with E-state index in [0.29, 0.717) is 0 Å². The van der Waals surface area contributed by atoms with Crippen LogP contribution in [0.1, 0.15) is 17.6 Å². The summed E-state index contributed by atoms with van der Waals surface area (Å²) in [5, 5.41) is -0.442. The number of alkyl halides is 5. The maximum atomic E-state index is 12.7. The highest BCUT2D eigenvalue weighted by atomic mass is 35.5. The van der Waals surface area contributed by atoms with Crippen LogP contribution in [-0.2, 0) is 6.18 Å². The SMILES string of the molecule is FC(F)c1ccc(Oc2ccc(Cl)c(C(F)(F)F)c2)cc1. The summed E-state index contributed by atoms with van der Waals surface area (Å²) in [6.45, 7) is 0. The fraction of sp³-hybridized carbons (Fsp3) is 0.143. The van der Waals surface area contributed by atoms with E-state index < -0.39 is 23.2 Å². The molecular formula is C14H8ClF5O. The molecule has 2 aromatic carbocycles. The second-order valence-corrected chi connectivity index (χ2v) is 4.52. The van der Waals surface area contributed by atoms with Crippen LogP contribution in [0.4, 0.5) is 22.0 Å². The van der Waals surface area contributed by atoms with Gasteiger partial charge in [-0.05, 0) is 42.5 Å². The minimum atomic E-state index is -4.60. The molecule has 2 rings (SSSR count). The quantitative estimate of drug-likeness (QED) is 0.621. The van der Waals surface area contributed by atoms with Gasteiger partial charge >= 0.3 is 6.18 Å². The molecule has 0 aliphatic heterocycles. The summed E-state index contributed by atoms with van der Waals surface area (Å²) < 4.78 is 68.0. The van der Waals surface area contributed by atoms with Crippen LogP contribution < -0.4 is 4.74 Å². The minimum Gasteiger partial charge on any atom is -0.457 e. The highest BCUT2D eigenvalue weighted by Crippen LogP contribution is 2.37. The summed E-state index contributed by atoms with van der Waals surface area (Å²) in [6, 6.07) is 7.86. The summed E-state index contributed by atoms with van der Waals surface area (Å²) in [5.41, 5.74) is -1.22. The molecule has 0 unspecified atom stereocenters. The molecule has 0 radical (unpaired) electrons. The first kappa shape index (κ1) is 15.6. The molecule has 1 nitrogen and oxygen atoms in total. The Morgan fingerprint density at radius 2 is 1.48 bits per heavy atom. The second-order valence-electron chi connectivity index (χ2n) is 4.11. The standard InChI is InChI=1S/C14H8ClF5O/c15-12-6-5-10(7-11(12)14(18,19)20)21-9-3-1-8(2-4-9)13(16)17/h1-7,13H. The van der Waals surface area contributed by atoms with Gasteiger partial charge in [-0.2, -0.15) is 13.2 Å². The van der Waals surface area contributed by atoms with Crippen molar-refractivity contribution in [2.75, 3.05) is 0 Å². The lowest BCUT2D eigenvalue weighted by molar-refractivity contribution is -0.137. The smallest absolute Gasteiger partial charge is 0.417 e. The molecule has 21 heavy (non-hydrogen) atoms. The molecule has 0 heterocycles. The number of hydrogen-bond acceptors (Lipinski definition) is 1. The fourth-order valence-corrected chi connectivity index (χ4v) is 1.83. The van der Waals surface area contributed by atoms with E-state index in [1.807, 2.05) is 0 Å². The van der Waals surface area contributed by atoms with Gasteiger partial charge in [-0.1, -0.05) is 11.6 Å². The van der Waals surface area contributed by atoms with E-state index in [2.05, 4.69) is 0 Å². The van der Waals surface area contributed by atoms with Gasteiger partial charge in [0, 0.05) is 5.56 Å². The van der Waals surface area contributed by atoms with Gasteiger partial charge in [0.25, 0.3) is 6.43 Å². The number of rotatable bonds is 3. The molecule has 2 aromatic rings. The Hall–Kier alpha value is -1.82. The molecule has 7 heteroatoms. The van der Waals surface area contributed by atoms with E-state index in [1.54, 1.807) is 0 Å². The van der Waals surface area contributed by atoms with Gasteiger partial charge in [-0.15, -0.1) is 0 Å². The molecule has 0 aliphatic carbocycles. The second kappa shape index (κ2) is 5.89. The zero-order valence-corrected chi connectivity index (χ0v) is 11.1. The molecule has 0 atom stereocenters. The van der Waals surface area contributed by atoms with Crippen LogP contribution in [0.5, 0.6) is 11.5 Å². The maximum Gasteiger partial charge on any atom is 0.417 e. The number of halogens is 6. The maximum absolute atomic E-state index is 12.7. The Kier molecular flexibility index (Phi) is 4.37. The van der Waals surface area contributed by atoms with E-state index in [1.165, 1.54) is 18.2 Å². The zero-order valence-electron chi connectivity index (χ0n) is 10.3. The Bertz CT molecular complexity index is 622. The van der Waals surface area contributed by atoms with Gasteiger partial charge in [0.1, 0.15) is 11.5 Å². The van der Waals surface area contributed by atoms with E-state index in [-0.39, 0.29) is 17.1 Å². The van der Waals surface area contributed by atoms with Crippen LogP contribution in [0.2, 0.25) is 5.02 Å². The average Bonchev–Trinajstić information content (AvgIpc) is 2.40. The molecule has 112 valence electrons. The molecule has 0 spiro atoms.